The van der Waals surface area contributed by atoms with Crippen molar-refractivity contribution in [3.8, 4) is 0 Å². The van der Waals surface area contributed by atoms with E-state index < -0.39 is 5.92 Å². The summed E-state index contributed by atoms with van der Waals surface area (Å²) in [5.41, 5.74) is 2.02. The minimum absolute atomic E-state index is 0.0676. The first-order chi connectivity index (χ1) is 9.08. The minimum Gasteiger partial charge on any atom is -0.325 e. The van der Waals surface area contributed by atoms with Gasteiger partial charge < -0.3 is 5.32 Å². The van der Waals surface area contributed by atoms with Crippen LogP contribution in [0.15, 0.2) is 24.3 Å². The Labute approximate surface area is 115 Å². The van der Waals surface area contributed by atoms with E-state index in [1.807, 2.05) is 31.2 Å². The molecular formula is C16H23NO2. The van der Waals surface area contributed by atoms with Gasteiger partial charge in [-0.15, -0.1) is 0 Å². The number of nitrogens with one attached hydrogen (secondary N) is 1. The molecule has 1 aromatic rings. The van der Waals surface area contributed by atoms with E-state index >= 15 is 0 Å². The van der Waals surface area contributed by atoms with Crippen molar-refractivity contribution in [3.05, 3.63) is 29.8 Å². The number of benzene rings is 1. The van der Waals surface area contributed by atoms with E-state index in [9.17, 15) is 9.59 Å². The van der Waals surface area contributed by atoms with Gasteiger partial charge in [-0.3, -0.25) is 9.59 Å². The van der Waals surface area contributed by atoms with Crippen molar-refractivity contribution in [1.29, 1.82) is 0 Å². The topological polar surface area (TPSA) is 46.2 Å². The van der Waals surface area contributed by atoms with E-state index in [2.05, 4.69) is 12.2 Å². The zero-order valence-electron chi connectivity index (χ0n) is 12.0. The maximum atomic E-state index is 12.0. The number of anilines is 1. The monoisotopic (exact) mass is 261 g/mol. The number of ketones is 1. The summed E-state index contributed by atoms with van der Waals surface area (Å²) in [5, 5.41) is 2.82. The van der Waals surface area contributed by atoms with Gasteiger partial charge in [0, 0.05) is 5.69 Å². The minimum atomic E-state index is -0.527. The van der Waals surface area contributed by atoms with Crippen molar-refractivity contribution in [2.24, 2.45) is 5.92 Å². The molecule has 0 aliphatic heterocycles. The van der Waals surface area contributed by atoms with Crippen molar-refractivity contribution in [2.45, 2.75) is 46.5 Å². The lowest BCUT2D eigenvalue weighted by atomic mass is 9.98. The quantitative estimate of drug-likeness (QED) is 0.762. The van der Waals surface area contributed by atoms with Crippen LogP contribution in [0.3, 0.4) is 0 Å². The fourth-order valence-corrected chi connectivity index (χ4v) is 2.08. The van der Waals surface area contributed by atoms with Crippen LogP contribution in [0.5, 0.6) is 0 Å². The Balaban J connectivity index is 2.67. The van der Waals surface area contributed by atoms with Gasteiger partial charge in [0.15, 0.2) is 0 Å². The molecule has 1 aromatic carbocycles. The Morgan fingerprint density at radius 3 is 2.21 bits per heavy atom. The maximum Gasteiger partial charge on any atom is 0.234 e. The van der Waals surface area contributed by atoms with Gasteiger partial charge in [0.2, 0.25) is 5.91 Å². The standard InChI is InChI=1S/C16H23NO2/c1-4-6-13-8-10-14(11-9-13)17-16(19)15(7-5-2)12(3)18/h8-11,15H,4-7H2,1-3H3,(H,17,19). The van der Waals surface area contributed by atoms with E-state index in [0.29, 0.717) is 6.42 Å². The van der Waals surface area contributed by atoms with Crippen molar-refractivity contribution >= 4 is 17.4 Å². The Bertz CT molecular complexity index is 423. The third kappa shape index (κ3) is 4.86. The largest absolute Gasteiger partial charge is 0.325 e. The Morgan fingerprint density at radius 1 is 1.11 bits per heavy atom. The van der Waals surface area contributed by atoms with Crippen LogP contribution in [0.25, 0.3) is 0 Å². The molecule has 104 valence electrons. The molecule has 0 spiro atoms. The van der Waals surface area contributed by atoms with Crippen LogP contribution in [0.4, 0.5) is 5.69 Å². The number of Topliss-reactive ketones (excluding diaryl/α,β-unsaturated/α-hetero) is 1. The Hall–Kier alpha value is -1.64. The molecule has 0 saturated heterocycles. The number of aryl methyl sites for hydroxylation is 1. The third-order valence-corrected chi connectivity index (χ3v) is 3.14. The van der Waals surface area contributed by atoms with Crippen LogP contribution < -0.4 is 5.32 Å². The zero-order chi connectivity index (χ0) is 14.3. The van der Waals surface area contributed by atoms with Crippen molar-refractivity contribution in [1.82, 2.24) is 0 Å². The summed E-state index contributed by atoms with van der Waals surface area (Å²) in [5.74, 6) is -0.792. The lowest BCUT2D eigenvalue weighted by molar-refractivity contribution is -0.130. The van der Waals surface area contributed by atoms with E-state index in [1.165, 1.54) is 12.5 Å². The fraction of sp³-hybridized carbons (Fsp3) is 0.500. The number of hydrogen-bond donors (Lipinski definition) is 1. The van der Waals surface area contributed by atoms with Crippen molar-refractivity contribution < 1.29 is 9.59 Å². The molecule has 1 unspecified atom stereocenters. The number of rotatable bonds is 7. The third-order valence-electron chi connectivity index (χ3n) is 3.14. The van der Waals surface area contributed by atoms with Crippen molar-refractivity contribution in [3.63, 3.8) is 0 Å². The van der Waals surface area contributed by atoms with Crippen LogP contribution in [-0.4, -0.2) is 11.7 Å². The molecule has 3 heteroatoms. The molecule has 0 saturated carbocycles. The summed E-state index contributed by atoms with van der Waals surface area (Å²) in [4.78, 5) is 23.5. The molecule has 1 amide bonds. The predicted molar refractivity (Wildman–Crippen MR) is 78.1 cm³/mol. The second kappa shape index (κ2) is 7.72. The Morgan fingerprint density at radius 2 is 1.74 bits per heavy atom. The SMILES string of the molecule is CCCc1ccc(NC(=O)C(CCC)C(C)=O)cc1. The van der Waals surface area contributed by atoms with Gasteiger partial charge in [0.25, 0.3) is 0 Å². The van der Waals surface area contributed by atoms with Crippen molar-refractivity contribution in [2.75, 3.05) is 5.32 Å². The summed E-state index contributed by atoms with van der Waals surface area (Å²) in [6.07, 6.45) is 3.58. The van der Waals surface area contributed by atoms with Gasteiger partial charge in [0.05, 0.1) is 5.92 Å². The first-order valence-corrected chi connectivity index (χ1v) is 6.98. The van der Waals surface area contributed by atoms with Gasteiger partial charge in [-0.05, 0) is 37.5 Å². The van der Waals surface area contributed by atoms with Crippen LogP contribution >= 0.6 is 0 Å². The number of amides is 1. The highest BCUT2D eigenvalue weighted by atomic mass is 16.2. The van der Waals surface area contributed by atoms with E-state index in [0.717, 1.165) is 24.9 Å². The predicted octanol–water partition coefficient (Wildman–Crippen LogP) is 3.58. The summed E-state index contributed by atoms with van der Waals surface area (Å²) in [6, 6.07) is 7.82. The van der Waals surface area contributed by atoms with Gasteiger partial charge in [-0.1, -0.05) is 38.8 Å². The highest BCUT2D eigenvalue weighted by molar-refractivity contribution is 6.06. The van der Waals surface area contributed by atoms with Crippen LogP contribution in [0.1, 0.15) is 45.6 Å². The molecule has 0 bridgehead atoms. The maximum absolute atomic E-state index is 12.0. The van der Waals surface area contributed by atoms with Gasteiger partial charge in [0.1, 0.15) is 5.78 Å². The highest BCUT2D eigenvalue weighted by Gasteiger charge is 2.22. The smallest absolute Gasteiger partial charge is 0.234 e. The molecule has 0 aromatic heterocycles. The first kappa shape index (κ1) is 15.4. The molecule has 1 N–H and O–H groups in total. The number of carbonyl (C=O) groups is 2. The Kier molecular flexibility index (Phi) is 6.26. The van der Waals surface area contributed by atoms with Crippen LogP contribution in [-0.2, 0) is 16.0 Å². The lowest BCUT2D eigenvalue weighted by Crippen LogP contribution is -2.28. The van der Waals surface area contributed by atoms with E-state index in [4.69, 9.17) is 0 Å². The van der Waals surface area contributed by atoms with E-state index in [1.54, 1.807) is 0 Å². The van der Waals surface area contributed by atoms with Gasteiger partial charge in [-0.25, -0.2) is 0 Å². The molecule has 0 heterocycles. The molecule has 1 rings (SSSR count). The zero-order valence-corrected chi connectivity index (χ0v) is 12.0. The second-order valence-electron chi connectivity index (χ2n) is 4.89. The second-order valence-corrected chi connectivity index (χ2v) is 4.89. The summed E-state index contributed by atoms with van der Waals surface area (Å²) >= 11 is 0. The number of hydrogen-bond acceptors (Lipinski definition) is 2. The van der Waals surface area contributed by atoms with Gasteiger partial charge in [-0.2, -0.15) is 0 Å². The highest BCUT2D eigenvalue weighted by Crippen LogP contribution is 2.15. The average Bonchev–Trinajstić information content (AvgIpc) is 2.38. The first-order valence-electron chi connectivity index (χ1n) is 6.98. The molecular weight excluding hydrogens is 238 g/mol. The van der Waals surface area contributed by atoms with Gasteiger partial charge >= 0.3 is 0 Å². The number of carbonyl (C=O) groups excluding carboxylic acids is 2. The molecule has 0 aliphatic rings. The summed E-state index contributed by atoms with van der Waals surface area (Å²) < 4.78 is 0. The molecule has 1 atom stereocenters. The van der Waals surface area contributed by atoms with Crippen LogP contribution in [0.2, 0.25) is 0 Å². The fourth-order valence-electron chi connectivity index (χ4n) is 2.08. The lowest BCUT2D eigenvalue weighted by Gasteiger charge is -2.13. The molecule has 0 radical (unpaired) electrons. The normalized spacial score (nSPS) is 11.9. The summed E-state index contributed by atoms with van der Waals surface area (Å²) in [7, 11) is 0. The summed E-state index contributed by atoms with van der Waals surface area (Å²) in [6.45, 7) is 5.59. The average molecular weight is 261 g/mol. The molecule has 0 aliphatic carbocycles. The van der Waals surface area contributed by atoms with E-state index in [-0.39, 0.29) is 11.7 Å². The molecule has 0 fully saturated rings. The molecule has 19 heavy (non-hydrogen) atoms. The van der Waals surface area contributed by atoms with Crippen LogP contribution in [0, 0.1) is 5.92 Å². The molecule has 3 nitrogen and oxygen atoms in total.